The van der Waals surface area contributed by atoms with Gasteiger partial charge in [0.2, 0.25) is 5.91 Å². The van der Waals surface area contributed by atoms with Crippen LogP contribution in [0.15, 0.2) is 23.0 Å². The minimum Gasteiger partial charge on any atom is -0.472 e. The molecule has 18 heavy (non-hydrogen) atoms. The Bertz CT molecular complexity index is 347. The van der Waals surface area contributed by atoms with Crippen molar-refractivity contribution < 1.29 is 9.21 Å². The molecule has 1 rings (SSSR count). The SMILES string of the molecule is CC(C)C[C@H](CN)CC(=O)N(C)Cc1ccoc1. The first-order valence-electron chi connectivity index (χ1n) is 6.48. The molecule has 4 heteroatoms. The molecule has 102 valence electrons. The van der Waals surface area contributed by atoms with Gasteiger partial charge in [0.05, 0.1) is 12.5 Å². The van der Waals surface area contributed by atoms with E-state index in [1.165, 1.54) is 0 Å². The number of furan rings is 1. The highest BCUT2D eigenvalue weighted by atomic mass is 16.3. The van der Waals surface area contributed by atoms with E-state index < -0.39 is 0 Å². The van der Waals surface area contributed by atoms with Crippen LogP contribution in [-0.4, -0.2) is 24.4 Å². The van der Waals surface area contributed by atoms with Crippen LogP contribution < -0.4 is 5.73 Å². The standard InChI is InChI=1S/C14H24N2O2/c1-11(2)6-13(8-15)7-14(17)16(3)9-12-4-5-18-10-12/h4-5,10-11,13H,6-9,15H2,1-3H3/t13-/m0/s1. The van der Waals surface area contributed by atoms with Crippen molar-refractivity contribution in [2.45, 2.75) is 33.2 Å². The average Bonchev–Trinajstić information content (AvgIpc) is 2.80. The van der Waals surface area contributed by atoms with Gasteiger partial charge in [0.15, 0.2) is 0 Å². The zero-order valence-corrected chi connectivity index (χ0v) is 11.6. The second-order valence-corrected chi connectivity index (χ2v) is 5.32. The van der Waals surface area contributed by atoms with E-state index in [2.05, 4.69) is 13.8 Å². The van der Waals surface area contributed by atoms with E-state index in [0.29, 0.717) is 25.4 Å². The maximum atomic E-state index is 12.1. The minimum absolute atomic E-state index is 0.146. The number of hydrogen-bond donors (Lipinski definition) is 1. The maximum absolute atomic E-state index is 12.1. The predicted octanol–water partition coefficient (Wildman–Crippen LogP) is 2.25. The molecule has 0 aliphatic carbocycles. The first-order valence-corrected chi connectivity index (χ1v) is 6.48. The Morgan fingerprint density at radius 3 is 2.72 bits per heavy atom. The van der Waals surface area contributed by atoms with Crippen molar-refractivity contribution in [3.63, 3.8) is 0 Å². The van der Waals surface area contributed by atoms with Crippen molar-refractivity contribution in [1.82, 2.24) is 4.90 Å². The summed E-state index contributed by atoms with van der Waals surface area (Å²) in [5, 5.41) is 0. The van der Waals surface area contributed by atoms with Crippen molar-refractivity contribution in [2.75, 3.05) is 13.6 Å². The number of carbonyl (C=O) groups excluding carboxylic acids is 1. The molecule has 0 bridgehead atoms. The molecule has 0 unspecified atom stereocenters. The van der Waals surface area contributed by atoms with Crippen LogP contribution in [-0.2, 0) is 11.3 Å². The van der Waals surface area contributed by atoms with Gasteiger partial charge in [0.1, 0.15) is 0 Å². The Balaban J connectivity index is 2.43. The van der Waals surface area contributed by atoms with Gasteiger partial charge in [-0.05, 0) is 30.9 Å². The summed E-state index contributed by atoms with van der Waals surface area (Å²) in [5.41, 5.74) is 6.73. The summed E-state index contributed by atoms with van der Waals surface area (Å²) in [6.45, 7) is 5.47. The van der Waals surface area contributed by atoms with Crippen molar-refractivity contribution >= 4 is 5.91 Å². The molecule has 0 saturated carbocycles. The van der Waals surface area contributed by atoms with Crippen LogP contribution in [0.25, 0.3) is 0 Å². The van der Waals surface area contributed by atoms with E-state index in [4.69, 9.17) is 10.2 Å². The van der Waals surface area contributed by atoms with Crippen molar-refractivity contribution in [3.8, 4) is 0 Å². The van der Waals surface area contributed by atoms with Crippen molar-refractivity contribution in [1.29, 1.82) is 0 Å². The Morgan fingerprint density at radius 2 is 2.22 bits per heavy atom. The highest BCUT2D eigenvalue weighted by Crippen LogP contribution is 2.16. The van der Waals surface area contributed by atoms with Gasteiger partial charge in [-0.2, -0.15) is 0 Å². The molecule has 1 atom stereocenters. The molecule has 4 nitrogen and oxygen atoms in total. The zero-order chi connectivity index (χ0) is 13.5. The van der Waals surface area contributed by atoms with Gasteiger partial charge in [0, 0.05) is 25.6 Å². The lowest BCUT2D eigenvalue weighted by molar-refractivity contribution is -0.131. The van der Waals surface area contributed by atoms with Crippen molar-refractivity contribution in [2.24, 2.45) is 17.6 Å². The van der Waals surface area contributed by atoms with Gasteiger partial charge < -0.3 is 15.1 Å². The second-order valence-electron chi connectivity index (χ2n) is 5.32. The summed E-state index contributed by atoms with van der Waals surface area (Å²) >= 11 is 0. The molecule has 0 aromatic carbocycles. The van der Waals surface area contributed by atoms with E-state index in [-0.39, 0.29) is 11.8 Å². The molecule has 2 N–H and O–H groups in total. The number of rotatable bonds is 7. The lowest BCUT2D eigenvalue weighted by atomic mass is 9.94. The third kappa shape index (κ3) is 4.92. The first-order chi connectivity index (χ1) is 8.52. The summed E-state index contributed by atoms with van der Waals surface area (Å²) in [5.74, 6) is 1.00. The minimum atomic E-state index is 0.146. The van der Waals surface area contributed by atoms with Gasteiger partial charge in [0.25, 0.3) is 0 Å². The molecule has 1 aromatic rings. The van der Waals surface area contributed by atoms with Crippen LogP contribution in [0, 0.1) is 11.8 Å². The first kappa shape index (κ1) is 14.8. The monoisotopic (exact) mass is 252 g/mol. The lowest BCUT2D eigenvalue weighted by Crippen LogP contribution is -2.30. The third-order valence-electron chi connectivity index (χ3n) is 3.03. The van der Waals surface area contributed by atoms with E-state index in [0.717, 1.165) is 12.0 Å². The lowest BCUT2D eigenvalue weighted by Gasteiger charge is -2.21. The number of hydrogen-bond acceptors (Lipinski definition) is 3. The quantitative estimate of drug-likeness (QED) is 0.809. The number of nitrogens with two attached hydrogens (primary N) is 1. The van der Waals surface area contributed by atoms with Crippen LogP contribution in [0.1, 0.15) is 32.3 Å². The molecule has 0 spiro atoms. The second kappa shape index (κ2) is 7.21. The van der Waals surface area contributed by atoms with Crippen molar-refractivity contribution in [3.05, 3.63) is 24.2 Å². The smallest absolute Gasteiger partial charge is 0.222 e. The van der Waals surface area contributed by atoms with E-state index in [1.54, 1.807) is 17.4 Å². The molecule has 0 radical (unpaired) electrons. The average molecular weight is 252 g/mol. The van der Waals surface area contributed by atoms with E-state index in [1.807, 2.05) is 13.1 Å². The molecule has 1 aromatic heterocycles. The van der Waals surface area contributed by atoms with Gasteiger partial charge in [-0.15, -0.1) is 0 Å². The molecular weight excluding hydrogens is 228 g/mol. The molecule has 0 fully saturated rings. The molecule has 1 heterocycles. The van der Waals surface area contributed by atoms with E-state index >= 15 is 0 Å². The van der Waals surface area contributed by atoms with Gasteiger partial charge in [-0.25, -0.2) is 0 Å². The summed E-state index contributed by atoms with van der Waals surface area (Å²) in [7, 11) is 1.82. The van der Waals surface area contributed by atoms with Crippen LogP contribution in [0.2, 0.25) is 0 Å². The normalized spacial score (nSPS) is 12.7. The fourth-order valence-corrected chi connectivity index (χ4v) is 2.08. The number of carbonyl (C=O) groups is 1. The zero-order valence-electron chi connectivity index (χ0n) is 11.6. The van der Waals surface area contributed by atoms with Gasteiger partial charge in [-0.3, -0.25) is 4.79 Å². The van der Waals surface area contributed by atoms with Crippen LogP contribution in [0.3, 0.4) is 0 Å². The predicted molar refractivity (Wildman–Crippen MR) is 71.8 cm³/mol. The maximum Gasteiger partial charge on any atom is 0.222 e. The molecular formula is C14H24N2O2. The summed E-state index contributed by atoms with van der Waals surface area (Å²) in [6, 6.07) is 1.87. The van der Waals surface area contributed by atoms with Crippen LogP contribution >= 0.6 is 0 Å². The van der Waals surface area contributed by atoms with Gasteiger partial charge >= 0.3 is 0 Å². The Labute approximate surface area is 109 Å². The van der Waals surface area contributed by atoms with Crippen LogP contribution in [0.4, 0.5) is 0 Å². The molecule has 0 aliphatic rings. The van der Waals surface area contributed by atoms with Gasteiger partial charge in [-0.1, -0.05) is 13.8 Å². The highest BCUT2D eigenvalue weighted by Gasteiger charge is 2.17. The highest BCUT2D eigenvalue weighted by molar-refractivity contribution is 5.76. The molecule has 0 aliphatic heterocycles. The molecule has 1 amide bonds. The summed E-state index contributed by atoms with van der Waals surface area (Å²) < 4.78 is 4.99. The number of nitrogens with zero attached hydrogens (tertiary/aromatic N) is 1. The number of amides is 1. The fourth-order valence-electron chi connectivity index (χ4n) is 2.08. The Kier molecular flexibility index (Phi) is 5.92. The Morgan fingerprint density at radius 1 is 1.50 bits per heavy atom. The third-order valence-corrected chi connectivity index (χ3v) is 3.03. The summed E-state index contributed by atoms with van der Waals surface area (Å²) in [6.07, 6.45) is 4.82. The molecule has 0 saturated heterocycles. The topological polar surface area (TPSA) is 59.5 Å². The van der Waals surface area contributed by atoms with Crippen LogP contribution in [0.5, 0.6) is 0 Å². The summed E-state index contributed by atoms with van der Waals surface area (Å²) in [4.78, 5) is 13.8. The fraction of sp³-hybridized carbons (Fsp3) is 0.643. The Hall–Kier alpha value is -1.29. The van der Waals surface area contributed by atoms with E-state index in [9.17, 15) is 4.79 Å². The largest absolute Gasteiger partial charge is 0.472 e.